The topological polar surface area (TPSA) is 76.4 Å². The van der Waals surface area contributed by atoms with Gasteiger partial charge in [-0.3, -0.25) is 0 Å². The van der Waals surface area contributed by atoms with Gasteiger partial charge < -0.3 is 19.9 Å². The fourth-order valence-corrected chi connectivity index (χ4v) is 3.04. The highest BCUT2D eigenvalue weighted by atomic mass is 127. The third-order valence-corrected chi connectivity index (χ3v) is 4.96. The van der Waals surface area contributed by atoms with Gasteiger partial charge >= 0.3 is 0 Å². The summed E-state index contributed by atoms with van der Waals surface area (Å²) in [5, 5.41) is 15.1. The van der Waals surface area contributed by atoms with Crippen LogP contribution in [0.3, 0.4) is 0 Å². The highest BCUT2D eigenvalue weighted by Gasteiger charge is 2.06. The molecule has 2 aromatic carbocycles. The zero-order valence-corrected chi connectivity index (χ0v) is 20.9. The first-order valence-electron chi connectivity index (χ1n) is 10.1. The number of aromatic nitrogens is 3. The van der Waals surface area contributed by atoms with E-state index in [0.717, 1.165) is 36.3 Å². The molecule has 0 fully saturated rings. The van der Waals surface area contributed by atoms with Crippen molar-refractivity contribution >= 4 is 29.9 Å². The molecular formula is C23H31IN6O. The standard InChI is InChI=1S/C23H30N6O.HI/c1-17-6-5-7-20(14-17)15-25-23(26-16-22-28-27-18(2)29(22)3)24-13-12-19-8-10-21(30-4)11-9-19;/h5-11,14H,12-13,15-16H2,1-4H3,(H2,24,25,26);1H. The fraction of sp³-hybridized carbons (Fsp3) is 0.348. The number of aryl methyl sites for hydroxylation is 2. The van der Waals surface area contributed by atoms with Crippen LogP contribution < -0.4 is 15.4 Å². The fourth-order valence-electron chi connectivity index (χ4n) is 3.04. The number of aliphatic imine (C=N–C) groups is 1. The van der Waals surface area contributed by atoms with E-state index < -0.39 is 0 Å². The van der Waals surface area contributed by atoms with Crippen molar-refractivity contribution in [1.29, 1.82) is 0 Å². The summed E-state index contributed by atoms with van der Waals surface area (Å²) >= 11 is 0. The molecule has 0 spiro atoms. The molecule has 3 aromatic rings. The molecule has 0 atom stereocenters. The average molecular weight is 534 g/mol. The van der Waals surface area contributed by atoms with Crippen molar-refractivity contribution in [2.24, 2.45) is 12.0 Å². The van der Waals surface area contributed by atoms with Gasteiger partial charge in [0.15, 0.2) is 11.8 Å². The number of halogens is 1. The molecule has 8 heteroatoms. The monoisotopic (exact) mass is 534 g/mol. The Morgan fingerprint density at radius 2 is 1.81 bits per heavy atom. The van der Waals surface area contributed by atoms with Crippen LogP contribution in [-0.4, -0.2) is 34.4 Å². The molecule has 0 saturated heterocycles. The van der Waals surface area contributed by atoms with E-state index in [2.05, 4.69) is 64.2 Å². The van der Waals surface area contributed by atoms with Gasteiger partial charge in [0.1, 0.15) is 11.6 Å². The van der Waals surface area contributed by atoms with Gasteiger partial charge in [-0.15, -0.1) is 34.2 Å². The van der Waals surface area contributed by atoms with Gasteiger partial charge in [-0.2, -0.15) is 0 Å². The van der Waals surface area contributed by atoms with Crippen molar-refractivity contribution in [1.82, 2.24) is 25.4 Å². The number of guanidine groups is 1. The van der Waals surface area contributed by atoms with Crippen molar-refractivity contribution in [2.45, 2.75) is 33.4 Å². The van der Waals surface area contributed by atoms with Crippen LogP contribution in [0, 0.1) is 13.8 Å². The first kappa shape index (κ1) is 24.6. The van der Waals surface area contributed by atoms with Crippen LogP contribution in [0.25, 0.3) is 0 Å². The van der Waals surface area contributed by atoms with E-state index in [1.165, 1.54) is 16.7 Å². The Morgan fingerprint density at radius 1 is 1.03 bits per heavy atom. The Hall–Kier alpha value is -2.62. The molecule has 0 amide bonds. The van der Waals surface area contributed by atoms with Crippen LogP contribution in [0.1, 0.15) is 28.3 Å². The summed E-state index contributed by atoms with van der Waals surface area (Å²) in [5.74, 6) is 3.38. The Balaban J connectivity index is 0.00000341. The molecule has 166 valence electrons. The summed E-state index contributed by atoms with van der Waals surface area (Å²) in [5.41, 5.74) is 3.66. The lowest BCUT2D eigenvalue weighted by atomic mass is 10.1. The number of nitrogens with zero attached hydrogens (tertiary/aromatic N) is 4. The number of ether oxygens (including phenoxy) is 1. The Morgan fingerprint density at radius 3 is 2.45 bits per heavy atom. The Kier molecular flexibility index (Phi) is 9.77. The van der Waals surface area contributed by atoms with Crippen LogP contribution in [0.15, 0.2) is 53.5 Å². The third-order valence-electron chi connectivity index (χ3n) is 4.96. The number of methoxy groups -OCH3 is 1. The maximum absolute atomic E-state index is 5.22. The number of hydrogen-bond donors (Lipinski definition) is 2. The van der Waals surface area contributed by atoms with E-state index in [1.807, 2.05) is 30.7 Å². The van der Waals surface area contributed by atoms with Gasteiger partial charge in [-0.25, -0.2) is 4.99 Å². The minimum absolute atomic E-state index is 0. The molecule has 3 rings (SSSR count). The molecule has 0 radical (unpaired) electrons. The van der Waals surface area contributed by atoms with Gasteiger partial charge in [0.2, 0.25) is 0 Å². The molecule has 0 aliphatic carbocycles. The minimum Gasteiger partial charge on any atom is -0.497 e. The van der Waals surface area contributed by atoms with Crippen molar-refractivity contribution in [2.75, 3.05) is 13.7 Å². The minimum atomic E-state index is 0. The van der Waals surface area contributed by atoms with Gasteiger partial charge in [-0.05, 0) is 43.5 Å². The predicted octanol–water partition coefficient (Wildman–Crippen LogP) is 3.54. The molecule has 0 aliphatic rings. The summed E-state index contributed by atoms with van der Waals surface area (Å²) in [7, 11) is 3.64. The van der Waals surface area contributed by atoms with Crippen LogP contribution in [0.4, 0.5) is 0 Å². The molecule has 0 aliphatic heterocycles. The number of rotatable bonds is 8. The molecule has 0 saturated carbocycles. The highest BCUT2D eigenvalue weighted by Crippen LogP contribution is 2.11. The first-order chi connectivity index (χ1) is 14.5. The van der Waals surface area contributed by atoms with E-state index in [9.17, 15) is 0 Å². The van der Waals surface area contributed by atoms with E-state index >= 15 is 0 Å². The first-order valence-corrected chi connectivity index (χ1v) is 10.1. The smallest absolute Gasteiger partial charge is 0.191 e. The SMILES string of the molecule is COc1ccc(CCNC(=NCc2cccc(C)c2)NCc2nnc(C)n2C)cc1.I. The Labute approximate surface area is 201 Å². The molecule has 0 bridgehead atoms. The summed E-state index contributed by atoms with van der Waals surface area (Å²) in [6.45, 7) is 5.97. The second-order valence-corrected chi connectivity index (χ2v) is 7.25. The molecule has 1 aromatic heterocycles. The third kappa shape index (κ3) is 7.54. The second-order valence-electron chi connectivity index (χ2n) is 7.25. The average Bonchev–Trinajstić information content (AvgIpc) is 3.08. The van der Waals surface area contributed by atoms with Crippen LogP contribution in [-0.2, 0) is 26.6 Å². The van der Waals surface area contributed by atoms with Crippen molar-refractivity contribution < 1.29 is 4.74 Å². The normalized spacial score (nSPS) is 11.0. The summed E-state index contributed by atoms with van der Waals surface area (Å²) < 4.78 is 7.20. The molecular weight excluding hydrogens is 503 g/mol. The Bertz CT molecular complexity index is 984. The van der Waals surface area contributed by atoms with Gasteiger partial charge in [0.05, 0.1) is 20.2 Å². The second kappa shape index (κ2) is 12.3. The van der Waals surface area contributed by atoms with Gasteiger partial charge in [0.25, 0.3) is 0 Å². The molecule has 0 unspecified atom stereocenters. The molecule has 2 N–H and O–H groups in total. The quantitative estimate of drug-likeness (QED) is 0.263. The zero-order valence-electron chi connectivity index (χ0n) is 18.6. The molecule has 1 heterocycles. The van der Waals surface area contributed by atoms with E-state index in [4.69, 9.17) is 9.73 Å². The van der Waals surface area contributed by atoms with Crippen molar-refractivity contribution in [3.05, 3.63) is 76.9 Å². The lowest BCUT2D eigenvalue weighted by Gasteiger charge is -2.13. The summed E-state index contributed by atoms with van der Waals surface area (Å²) in [4.78, 5) is 4.76. The van der Waals surface area contributed by atoms with Crippen LogP contribution in [0.5, 0.6) is 5.75 Å². The largest absolute Gasteiger partial charge is 0.497 e. The number of hydrogen-bond acceptors (Lipinski definition) is 4. The van der Waals surface area contributed by atoms with E-state index in [0.29, 0.717) is 13.1 Å². The van der Waals surface area contributed by atoms with Crippen LogP contribution >= 0.6 is 24.0 Å². The van der Waals surface area contributed by atoms with Gasteiger partial charge in [-0.1, -0.05) is 42.0 Å². The lowest BCUT2D eigenvalue weighted by molar-refractivity contribution is 0.414. The maximum atomic E-state index is 5.22. The van der Waals surface area contributed by atoms with Crippen LogP contribution in [0.2, 0.25) is 0 Å². The van der Waals surface area contributed by atoms with E-state index in [-0.39, 0.29) is 24.0 Å². The number of benzene rings is 2. The van der Waals surface area contributed by atoms with Crippen molar-refractivity contribution in [3.8, 4) is 5.75 Å². The lowest BCUT2D eigenvalue weighted by Crippen LogP contribution is -2.38. The maximum Gasteiger partial charge on any atom is 0.191 e. The highest BCUT2D eigenvalue weighted by molar-refractivity contribution is 14.0. The van der Waals surface area contributed by atoms with Gasteiger partial charge in [0, 0.05) is 13.6 Å². The van der Waals surface area contributed by atoms with Crippen molar-refractivity contribution in [3.63, 3.8) is 0 Å². The summed E-state index contributed by atoms with van der Waals surface area (Å²) in [6, 6.07) is 16.5. The zero-order chi connectivity index (χ0) is 21.3. The number of nitrogens with one attached hydrogen (secondary N) is 2. The predicted molar refractivity (Wildman–Crippen MR) is 135 cm³/mol. The summed E-state index contributed by atoms with van der Waals surface area (Å²) in [6.07, 6.45) is 0.887. The molecule has 31 heavy (non-hydrogen) atoms. The van der Waals surface area contributed by atoms with E-state index in [1.54, 1.807) is 7.11 Å². The molecule has 7 nitrogen and oxygen atoms in total.